The number of aromatic nitrogens is 1. The topological polar surface area (TPSA) is 91.9 Å². The lowest BCUT2D eigenvalue weighted by atomic mass is 10.1. The smallest absolute Gasteiger partial charge is 0.248 e. The van der Waals surface area contributed by atoms with Crippen LogP contribution < -0.4 is 11.1 Å². The second kappa shape index (κ2) is 7.16. The number of nitrogens with zero attached hydrogens (tertiary/aromatic N) is 1. The van der Waals surface area contributed by atoms with E-state index in [0.717, 1.165) is 30.6 Å². The number of amides is 1. The SMILES string of the molecule is Cc1ncc(F)c(C)c1NC(=O)/C=C/c1c(F)cc(C=N)c(N)c1F. The maximum absolute atomic E-state index is 14.1. The second-order valence-corrected chi connectivity index (χ2v) is 5.25. The number of hydrogen-bond acceptors (Lipinski definition) is 4. The Bertz CT molecular complexity index is 894. The summed E-state index contributed by atoms with van der Waals surface area (Å²) in [6, 6.07) is 0.897. The zero-order chi connectivity index (χ0) is 18.7. The van der Waals surface area contributed by atoms with E-state index in [9.17, 15) is 18.0 Å². The van der Waals surface area contributed by atoms with E-state index in [4.69, 9.17) is 11.1 Å². The van der Waals surface area contributed by atoms with Crippen molar-refractivity contribution in [1.29, 1.82) is 5.41 Å². The number of carbonyl (C=O) groups excluding carboxylic acids is 1. The highest BCUT2D eigenvalue weighted by atomic mass is 19.1. The molecule has 25 heavy (non-hydrogen) atoms. The van der Waals surface area contributed by atoms with Crippen molar-refractivity contribution in [3.63, 3.8) is 0 Å². The predicted octanol–water partition coefficient (Wildman–Crippen LogP) is 3.35. The van der Waals surface area contributed by atoms with Crippen molar-refractivity contribution in [1.82, 2.24) is 4.98 Å². The van der Waals surface area contributed by atoms with Gasteiger partial charge in [0.25, 0.3) is 0 Å². The van der Waals surface area contributed by atoms with Gasteiger partial charge in [-0.2, -0.15) is 0 Å². The van der Waals surface area contributed by atoms with Gasteiger partial charge in [0.2, 0.25) is 5.91 Å². The van der Waals surface area contributed by atoms with Crippen molar-refractivity contribution in [2.24, 2.45) is 0 Å². The molecule has 2 aromatic rings. The highest BCUT2D eigenvalue weighted by Crippen LogP contribution is 2.24. The Morgan fingerprint density at radius 3 is 2.60 bits per heavy atom. The van der Waals surface area contributed by atoms with Gasteiger partial charge in [-0.1, -0.05) is 0 Å². The largest absolute Gasteiger partial charge is 0.396 e. The van der Waals surface area contributed by atoms with Crippen LogP contribution in [0.15, 0.2) is 18.3 Å². The van der Waals surface area contributed by atoms with Crippen molar-refractivity contribution >= 4 is 29.6 Å². The van der Waals surface area contributed by atoms with Crippen LogP contribution in [0.5, 0.6) is 0 Å². The summed E-state index contributed by atoms with van der Waals surface area (Å²) < 4.78 is 41.5. The zero-order valence-electron chi connectivity index (χ0n) is 13.5. The van der Waals surface area contributed by atoms with Crippen LogP contribution in [0.4, 0.5) is 24.5 Å². The molecule has 0 saturated carbocycles. The third-order valence-electron chi connectivity index (χ3n) is 3.60. The number of nitrogens with one attached hydrogen (secondary N) is 2. The van der Waals surface area contributed by atoms with E-state index in [0.29, 0.717) is 5.69 Å². The summed E-state index contributed by atoms with van der Waals surface area (Å²) >= 11 is 0. The summed E-state index contributed by atoms with van der Waals surface area (Å²) in [5.41, 5.74) is 5.26. The molecule has 1 heterocycles. The first kappa shape index (κ1) is 18.2. The molecule has 5 nitrogen and oxygen atoms in total. The number of pyridine rings is 1. The van der Waals surface area contributed by atoms with E-state index in [1.807, 2.05) is 0 Å². The molecule has 0 unspecified atom stereocenters. The maximum atomic E-state index is 14.1. The maximum Gasteiger partial charge on any atom is 0.248 e. The van der Waals surface area contributed by atoms with Gasteiger partial charge in [0, 0.05) is 29.0 Å². The molecule has 8 heteroatoms. The van der Waals surface area contributed by atoms with E-state index in [-0.39, 0.29) is 16.8 Å². The fourth-order valence-electron chi connectivity index (χ4n) is 2.15. The molecule has 0 radical (unpaired) electrons. The highest BCUT2D eigenvalue weighted by Gasteiger charge is 2.15. The van der Waals surface area contributed by atoms with Crippen molar-refractivity contribution in [3.8, 4) is 0 Å². The molecule has 1 aromatic carbocycles. The van der Waals surface area contributed by atoms with Crippen LogP contribution in [0, 0.1) is 36.7 Å². The van der Waals surface area contributed by atoms with Gasteiger partial charge in [-0.05, 0) is 26.0 Å². The Morgan fingerprint density at radius 2 is 1.96 bits per heavy atom. The molecule has 0 aliphatic heterocycles. The Morgan fingerprint density at radius 1 is 1.28 bits per heavy atom. The number of nitrogens with two attached hydrogens (primary N) is 1. The fourth-order valence-corrected chi connectivity index (χ4v) is 2.15. The van der Waals surface area contributed by atoms with E-state index < -0.39 is 34.6 Å². The Kier molecular flexibility index (Phi) is 5.21. The number of hydrogen-bond donors (Lipinski definition) is 3. The molecule has 0 bridgehead atoms. The molecule has 0 atom stereocenters. The molecule has 2 rings (SSSR count). The van der Waals surface area contributed by atoms with Gasteiger partial charge < -0.3 is 16.5 Å². The summed E-state index contributed by atoms with van der Waals surface area (Å²) in [4.78, 5) is 15.8. The lowest BCUT2D eigenvalue weighted by Gasteiger charge is -2.10. The van der Waals surface area contributed by atoms with Crippen LogP contribution in [0.1, 0.15) is 22.4 Å². The van der Waals surface area contributed by atoms with E-state index >= 15 is 0 Å². The van der Waals surface area contributed by atoms with Crippen LogP contribution in [-0.4, -0.2) is 17.1 Å². The number of rotatable bonds is 4. The van der Waals surface area contributed by atoms with Crippen LogP contribution in [0.25, 0.3) is 6.08 Å². The van der Waals surface area contributed by atoms with Crippen LogP contribution in [0.2, 0.25) is 0 Å². The standard InChI is InChI=1S/C17H15F3N4O/c1-8-13(19)7-23-9(2)17(8)24-14(25)4-3-11-12(18)5-10(6-21)16(22)15(11)20/h3-7,21H,22H2,1-2H3,(H,24,25)/b4-3+,21-6?. The summed E-state index contributed by atoms with van der Waals surface area (Å²) in [5, 5.41) is 9.47. The molecule has 1 aromatic heterocycles. The van der Waals surface area contributed by atoms with Gasteiger partial charge >= 0.3 is 0 Å². The molecule has 130 valence electrons. The summed E-state index contributed by atoms with van der Waals surface area (Å²) in [5.74, 6) is -3.33. The van der Waals surface area contributed by atoms with Gasteiger partial charge in [0.15, 0.2) is 5.82 Å². The average Bonchev–Trinajstić information content (AvgIpc) is 2.58. The monoisotopic (exact) mass is 348 g/mol. The van der Waals surface area contributed by atoms with Gasteiger partial charge in [0.1, 0.15) is 11.6 Å². The van der Waals surface area contributed by atoms with Crippen molar-refractivity contribution in [3.05, 3.63) is 58.2 Å². The number of carbonyl (C=O) groups is 1. The molecule has 0 aliphatic rings. The molecular weight excluding hydrogens is 333 g/mol. The Hall–Kier alpha value is -3.16. The highest BCUT2D eigenvalue weighted by molar-refractivity contribution is 6.02. The third-order valence-corrected chi connectivity index (χ3v) is 3.60. The first-order chi connectivity index (χ1) is 11.8. The number of halogens is 3. The summed E-state index contributed by atoms with van der Waals surface area (Å²) in [7, 11) is 0. The lowest BCUT2D eigenvalue weighted by Crippen LogP contribution is -2.12. The summed E-state index contributed by atoms with van der Waals surface area (Å²) in [6.45, 7) is 3.06. The fraction of sp³-hybridized carbons (Fsp3) is 0.118. The van der Waals surface area contributed by atoms with Crippen molar-refractivity contribution in [2.45, 2.75) is 13.8 Å². The van der Waals surface area contributed by atoms with Gasteiger partial charge in [-0.25, -0.2) is 13.2 Å². The molecule has 4 N–H and O–H groups in total. The normalized spacial score (nSPS) is 10.9. The molecule has 0 spiro atoms. The molecular formula is C17H15F3N4O. The van der Waals surface area contributed by atoms with Gasteiger partial charge in [0.05, 0.1) is 23.3 Å². The molecule has 0 aliphatic carbocycles. The van der Waals surface area contributed by atoms with Gasteiger partial charge in [-0.3, -0.25) is 9.78 Å². The van der Waals surface area contributed by atoms with Crippen LogP contribution in [-0.2, 0) is 4.79 Å². The molecule has 1 amide bonds. The zero-order valence-corrected chi connectivity index (χ0v) is 13.5. The number of anilines is 2. The minimum absolute atomic E-state index is 0.103. The first-order valence-electron chi connectivity index (χ1n) is 7.15. The first-order valence-corrected chi connectivity index (χ1v) is 7.15. The van der Waals surface area contributed by atoms with Crippen molar-refractivity contribution < 1.29 is 18.0 Å². The Balaban J connectivity index is 2.29. The predicted molar refractivity (Wildman–Crippen MR) is 90.0 cm³/mol. The number of nitrogen functional groups attached to an aromatic ring is 1. The molecule has 0 saturated heterocycles. The van der Waals surface area contributed by atoms with E-state index in [2.05, 4.69) is 10.3 Å². The second-order valence-electron chi connectivity index (χ2n) is 5.25. The van der Waals surface area contributed by atoms with Crippen LogP contribution >= 0.6 is 0 Å². The molecule has 0 fully saturated rings. The van der Waals surface area contributed by atoms with Crippen molar-refractivity contribution in [2.75, 3.05) is 11.1 Å². The van der Waals surface area contributed by atoms with Crippen LogP contribution in [0.3, 0.4) is 0 Å². The minimum atomic E-state index is -1.07. The average molecular weight is 348 g/mol. The van der Waals surface area contributed by atoms with Gasteiger partial charge in [-0.15, -0.1) is 0 Å². The quantitative estimate of drug-likeness (QED) is 0.449. The van der Waals surface area contributed by atoms with E-state index in [1.165, 1.54) is 6.92 Å². The minimum Gasteiger partial charge on any atom is -0.396 e. The summed E-state index contributed by atoms with van der Waals surface area (Å²) in [6.07, 6.45) is 3.58. The third kappa shape index (κ3) is 3.68. The van der Waals surface area contributed by atoms with E-state index in [1.54, 1.807) is 6.92 Å². The number of aryl methyl sites for hydroxylation is 1. The lowest BCUT2D eigenvalue weighted by molar-refractivity contribution is -0.111. The number of benzene rings is 1. The Labute approximate surface area is 141 Å².